The van der Waals surface area contributed by atoms with E-state index in [4.69, 9.17) is 0 Å². The Hall–Kier alpha value is -2.90. The van der Waals surface area contributed by atoms with E-state index in [0.717, 1.165) is 47.9 Å². The summed E-state index contributed by atoms with van der Waals surface area (Å²) < 4.78 is 4.68. The molecule has 0 bridgehead atoms. The van der Waals surface area contributed by atoms with Gasteiger partial charge in [0, 0.05) is 36.7 Å². The van der Waals surface area contributed by atoms with Crippen LogP contribution in [0.5, 0.6) is 0 Å². The number of para-hydroxylation sites is 2. The Balaban J connectivity index is 1.28. The maximum absolute atomic E-state index is 13.4. The molecule has 2 aliphatic rings. The number of piperidine rings is 1. The number of hydrogen-bond donors (Lipinski definition) is 1. The Morgan fingerprint density at radius 2 is 1.79 bits per heavy atom. The van der Waals surface area contributed by atoms with E-state index in [1.807, 2.05) is 28.8 Å². The van der Waals surface area contributed by atoms with E-state index in [0.29, 0.717) is 6.04 Å². The van der Waals surface area contributed by atoms with Crippen molar-refractivity contribution in [3.63, 3.8) is 0 Å². The van der Waals surface area contributed by atoms with E-state index in [2.05, 4.69) is 56.5 Å². The zero-order chi connectivity index (χ0) is 23.4. The first-order valence-electron chi connectivity index (χ1n) is 11.9. The summed E-state index contributed by atoms with van der Waals surface area (Å²) in [4.78, 5) is 28.1. The van der Waals surface area contributed by atoms with Gasteiger partial charge in [0.05, 0.1) is 11.0 Å². The molecule has 1 aromatic heterocycles. The van der Waals surface area contributed by atoms with Crippen LogP contribution in [0.4, 0.5) is 0 Å². The molecule has 4 aromatic rings. The van der Waals surface area contributed by atoms with Gasteiger partial charge < -0.3 is 5.32 Å². The molecule has 1 atom stereocenters. The Bertz CT molecular complexity index is 1480. The largest absolute Gasteiger partial charge is 0.358 e. The van der Waals surface area contributed by atoms with Crippen LogP contribution in [0.2, 0.25) is 0 Å². The molecule has 1 aliphatic heterocycles. The van der Waals surface area contributed by atoms with Crippen molar-refractivity contribution in [3.8, 4) is 0 Å². The van der Waals surface area contributed by atoms with Crippen LogP contribution >= 0.6 is 15.9 Å². The topological polar surface area (TPSA) is 59.3 Å². The molecule has 0 radical (unpaired) electrons. The van der Waals surface area contributed by atoms with Crippen LogP contribution in [0.25, 0.3) is 21.8 Å². The van der Waals surface area contributed by atoms with Crippen LogP contribution in [0.15, 0.2) is 63.9 Å². The third-order valence-corrected chi connectivity index (χ3v) is 8.32. The molecule has 0 saturated carbocycles. The number of carbonyl (C=O) groups is 1. The molecule has 7 heteroatoms. The summed E-state index contributed by atoms with van der Waals surface area (Å²) in [6.45, 7) is 1.94. The highest BCUT2D eigenvalue weighted by molar-refractivity contribution is 9.10. The van der Waals surface area contributed by atoms with Crippen molar-refractivity contribution in [2.24, 2.45) is 0 Å². The number of likely N-dealkylation sites (tertiary alicyclic amines) is 1. The molecule has 1 fully saturated rings. The van der Waals surface area contributed by atoms with Crippen molar-refractivity contribution < 1.29 is 4.79 Å². The molecule has 34 heavy (non-hydrogen) atoms. The van der Waals surface area contributed by atoms with Crippen molar-refractivity contribution in [1.29, 1.82) is 0 Å². The summed E-state index contributed by atoms with van der Waals surface area (Å²) >= 11 is 3.72. The number of hydrogen-bond acceptors (Lipinski definition) is 3. The fourth-order valence-corrected chi connectivity index (χ4v) is 6.45. The third-order valence-electron chi connectivity index (χ3n) is 7.63. The third kappa shape index (κ3) is 3.33. The fourth-order valence-electron chi connectivity index (χ4n) is 5.98. The molecule has 1 saturated heterocycles. The van der Waals surface area contributed by atoms with E-state index < -0.39 is 0 Å². The van der Waals surface area contributed by atoms with Gasteiger partial charge >= 0.3 is 5.69 Å². The first-order valence-corrected chi connectivity index (χ1v) is 12.7. The minimum absolute atomic E-state index is 0.0432. The van der Waals surface area contributed by atoms with E-state index in [1.165, 1.54) is 21.9 Å². The molecule has 6 nitrogen and oxygen atoms in total. The smallest absolute Gasteiger partial charge is 0.329 e. The fraction of sp³-hybridized carbons (Fsp3) is 0.333. The lowest BCUT2D eigenvalue weighted by Gasteiger charge is -2.36. The first kappa shape index (κ1) is 21.6. The van der Waals surface area contributed by atoms with Crippen molar-refractivity contribution >= 4 is 43.6 Å². The molecule has 0 spiro atoms. The Kier molecular flexibility index (Phi) is 5.34. The standard InChI is InChI=1S/C27H27BrN4O2/c1-29-25(33)16-31-22-7-2-3-8-23(22)32(27(31)34)18-11-13-30(14-12-18)24-15-17-9-10-21(28)19-5-4-6-20(24)26(17)19/h2-10,18,24H,11-16H2,1H3,(H,29,33). The molecular formula is C27H27BrN4O2. The van der Waals surface area contributed by atoms with Crippen LogP contribution in [0.3, 0.4) is 0 Å². The van der Waals surface area contributed by atoms with Crippen molar-refractivity contribution in [2.45, 2.75) is 37.9 Å². The molecule has 2 heterocycles. The number of nitrogens with zero attached hydrogens (tertiary/aromatic N) is 3. The number of amides is 1. The SMILES string of the molecule is CNC(=O)Cn1c(=O)n(C2CCN(C3Cc4ccc(Br)c5cccc3c45)CC2)c2ccccc21. The number of likely N-dealkylation sites (N-methyl/N-ethyl adjacent to an activating group) is 1. The zero-order valence-corrected chi connectivity index (χ0v) is 20.7. The quantitative estimate of drug-likeness (QED) is 0.435. The number of aromatic nitrogens is 2. The van der Waals surface area contributed by atoms with Crippen LogP contribution in [0.1, 0.15) is 36.1 Å². The molecule has 1 N–H and O–H groups in total. The molecule has 1 amide bonds. The Morgan fingerprint density at radius 1 is 1.03 bits per heavy atom. The van der Waals surface area contributed by atoms with Crippen molar-refractivity contribution in [2.75, 3.05) is 20.1 Å². The number of fused-ring (bicyclic) bond motifs is 1. The van der Waals surface area contributed by atoms with E-state index in [9.17, 15) is 9.59 Å². The molecule has 1 aliphatic carbocycles. The Morgan fingerprint density at radius 3 is 2.56 bits per heavy atom. The van der Waals surface area contributed by atoms with Gasteiger partial charge in [0.15, 0.2) is 0 Å². The molecule has 6 rings (SSSR count). The second-order valence-electron chi connectivity index (χ2n) is 9.36. The first-order chi connectivity index (χ1) is 16.6. The van der Waals surface area contributed by atoms with Crippen molar-refractivity contribution in [3.05, 3.63) is 80.7 Å². The van der Waals surface area contributed by atoms with Gasteiger partial charge in [0.25, 0.3) is 0 Å². The van der Waals surface area contributed by atoms with Gasteiger partial charge in [-0.15, -0.1) is 0 Å². The van der Waals surface area contributed by atoms with Gasteiger partial charge in [0.2, 0.25) is 5.91 Å². The highest BCUT2D eigenvalue weighted by atomic mass is 79.9. The number of imidazole rings is 1. The molecule has 1 unspecified atom stereocenters. The minimum atomic E-state index is -0.165. The predicted octanol–water partition coefficient (Wildman–Crippen LogP) is 4.40. The molecule has 174 valence electrons. The van der Waals surface area contributed by atoms with Gasteiger partial charge in [-0.3, -0.25) is 18.8 Å². The van der Waals surface area contributed by atoms with E-state index in [-0.39, 0.29) is 24.2 Å². The van der Waals surface area contributed by atoms with Gasteiger partial charge in [-0.25, -0.2) is 4.79 Å². The zero-order valence-electron chi connectivity index (χ0n) is 19.1. The summed E-state index contributed by atoms with van der Waals surface area (Å²) in [6.07, 6.45) is 2.87. The second-order valence-corrected chi connectivity index (χ2v) is 10.2. The van der Waals surface area contributed by atoms with Gasteiger partial charge in [0.1, 0.15) is 6.54 Å². The predicted molar refractivity (Wildman–Crippen MR) is 138 cm³/mol. The number of benzene rings is 3. The minimum Gasteiger partial charge on any atom is -0.358 e. The Labute approximate surface area is 206 Å². The van der Waals surface area contributed by atoms with Gasteiger partial charge in [-0.2, -0.15) is 0 Å². The average molecular weight is 519 g/mol. The second kappa shape index (κ2) is 8.40. The number of halogens is 1. The van der Waals surface area contributed by atoms with Crippen LogP contribution in [0, 0.1) is 0 Å². The maximum Gasteiger partial charge on any atom is 0.329 e. The number of nitrogens with one attached hydrogen (secondary N) is 1. The molecule has 3 aromatic carbocycles. The molecular weight excluding hydrogens is 492 g/mol. The maximum atomic E-state index is 13.4. The average Bonchev–Trinajstić information content (AvgIpc) is 3.38. The summed E-state index contributed by atoms with van der Waals surface area (Å²) in [6, 6.07) is 19.4. The van der Waals surface area contributed by atoms with Crippen molar-refractivity contribution in [1.82, 2.24) is 19.4 Å². The summed E-state index contributed by atoms with van der Waals surface area (Å²) in [7, 11) is 1.60. The van der Waals surface area contributed by atoms with Crippen LogP contribution in [-0.2, 0) is 17.8 Å². The summed E-state index contributed by atoms with van der Waals surface area (Å²) in [5.74, 6) is -0.165. The van der Waals surface area contributed by atoms with E-state index in [1.54, 1.807) is 11.6 Å². The lowest BCUT2D eigenvalue weighted by atomic mass is 9.99. The normalized spacial score (nSPS) is 18.7. The summed E-state index contributed by atoms with van der Waals surface area (Å²) in [5.41, 5.74) is 4.49. The number of rotatable bonds is 4. The van der Waals surface area contributed by atoms with E-state index >= 15 is 0 Å². The highest BCUT2D eigenvalue weighted by Crippen LogP contribution is 2.43. The monoisotopic (exact) mass is 518 g/mol. The number of carbonyl (C=O) groups excluding carboxylic acids is 1. The lowest BCUT2D eigenvalue weighted by Crippen LogP contribution is -2.40. The van der Waals surface area contributed by atoms with Crippen LogP contribution in [-0.4, -0.2) is 40.1 Å². The summed E-state index contributed by atoms with van der Waals surface area (Å²) in [5, 5.41) is 5.33. The highest BCUT2D eigenvalue weighted by Gasteiger charge is 2.33. The van der Waals surface area contributed by atoms with Gasteiger partial charge in [-0.1, -0.05) is 52.3 Å². The lowest BCUT2D eigenvalue weighted by molar-refractivity contribution is -0.121. The van der Waals surface area contributed by atoms with Crippen LogP contribution < -0.4 is 11.0 Å². The van der Waals surface area contributed by atoms with Gasteiger partial charge in [-0.05, 0) is 59.4 Å².